The van der Waals surface area contributed by atoms with Crippen LogP contribution in [0, 0.1) is 11.6 Å². The molecule has 0 atom stereocenters. The predicted molar refractivity (Wildman–Crippen MR) is 127 cm³/mol. The molecular formula is C23H14ClF6N7O. The molecule has 4 rings (SSSR count). The minimum Gasteiger partial charge on any atom is -0.428 e. The smallest absolute Gasteiger partial charge is 0.428 e. The first kappa shape index (κ1) is 26.6. The number of halogens is 7. The Labute approximate surface area is 215 Å². The molecule has 0 bridgehead atoms. The number of aromatic nitrogens is 4. The molecule has 2 heterocycles. The van der Waals surface area contributed by atoms with E-state index in [0.717, 1.165) is 24.3 Å². The van der Waals surface area contributed by atoms with Crippen LogP contribution in [0.15, 0.2) is 65.9 Å². The van der Waals surface area contributed by atoms with E-state index in [1.54, 1.807) is 6.07 Å². The molecule has 0 aliphatic heterocycles. The highest BCUT2D eigenvalue weighted by atomic mass is 35.5. The van der Waals surface area contributed by atoms with Gasteiger partial charge in [0.25, 0.3) is 0 Å². The number of rotatable bonds is 9. The molecule has 4 aromatic rings. The Morgan fingerprint density at radius 1 is 0.921 bits per heavy atom. The van der Waals surface area contributed by atoms with Crippen LogP contribution in [0.5, 0.6) is 5.75 Å². The van der Waals surface area contributed by atoms with Crippen molar-refractivity contribution in [3.8, 4) is 17.1 Å². The first-order chi connectivity index (χ1) is 18.1. The average molecular weight is 554 g/mol. The van der Waals surface area contributed by atoms with Crippen molar-refractivity contribution in [2.75, 3.05) is 10.7 Å². The minimum atomic E-state index is -4.64. The number of benzene rings is 2. The fourth-order valence-electron chi connectivity index (χ4n) is 2.87. The summed E-state index contributed by atoms with van der Waals surface area (Å²) in [4.78, 5) is 16.1. The van der Waals surface area contributed by atoms with Gasteiger partial charge in [-0.2, -0.15) is 37.6 Å². The van der Waals surface area contributed by atoms with Crippen LogP contribution in [0.1, 0.15) is 5.56 Å². The SMILES string of the molecule is Fc1cccc(F)c1-c1nc(N/N=C/c2ccc(OC(F)(F)C(F)F)cc2)nc(Nc2ccc(Cl)nc2)n1. The second-order valence-electron chi connectivity index (χ2n) is 7.30. The third-order valence-electron chi connectivity index (χ3n) is 4.57. The molecule has 196 valence electrons. The molecule has 0 saturated heterocycles. The lowest BCUT2D eigenvalue weighted by Crippen LogP contribution is -2.33. The van der Waals surface area contributed by atoms with Crippen LogP contribution in [0.2, 0.25) is 5.15 Å². The largest absolute Gasteiger partial charge is 0.461 e. The van der Waals surface area contributed by atoms with Crippen molar-refractivity contribution in [2.24, 2.45) is 5.10 Å². The molecule has 0 spiro atoms. The van der Waals surface area contributed by atoms with Gasteiger partial charge in [-0.15, -0.1) is 0 Å². The molecular weight excluding hydrogens is 540 g/mol. The number of anilines is 3. The second kappa shape index (κ2) is 11.3. The Kier molecular flexibility index (Phi) is 7.90. The summed E-state index contributed by atoms with van der Waals surface area (Å²) in [6, 6.07) is 11.0. The summed E-state index contributed by atoms with van der Waals surface area (Å²) >= 11 is 5.78. The van der Waals surface area contributed by atoms with E-state index in [-0.39, 0.29) is 22.9 Å². The number of hydrazone groups is 1. The number of nitrogens with one attached hydrogen (secondary N) is 2. The highest BCUT2D eigenvalue weighted by molar-refractivity contribution is 6.29. The van der Waals surface area contributed by atoms with Gasteiger partial charge in [-0.05, 0) is 54.1 Å². The summed E-state index contributed by atoms with van der Waals surface area (Å²) < 4.78 is 83.4. The van der Waals surface area contributed by atoms with Crippen LogP contribution < -0.4 is 15.5 Å². The Balaban J connectivity index is 1.57. The van der Waals surface area contributed by atoms with Gasteiger partial charge in [0.1, 0.15) is 22.5 Å². The van der Waals surface area contributed by atoms with Gasteiger partial charge in [-0.1, -0.05) is 17.7 Å². The first-order valence-corrected chi connectivity index (χ1v) is 10.8. The maximum atomic E-state index is 14.4. The lowest BCUT2D eigenvalue weighted by molar-refractivity contribution is -0.253. The molecule has 2 aromatic carbocycles. The molecule has 2 aromatic heterocycles. The molecule has 0 unspecified atom stereocenters. The number of hydrogen-bond donors (Lipinski definition) is 2. The van der Waals surface area contributed by atoms with E-state index in [2.05, 4.69) is 40.5 Å². The molecule has 15 heteroatoms. The van der Waals surface area contributed by atoms with Gasteiger partial charge < -0.3 is 10.1 Å². The van der Waals surface area contributed by atoms with Crippen LogP contribution in [0.4, 0.5) is 43.9 Å². The van der Waals surface area contributed by atoms with Crippen molar-refractivity contribution < 1.29 is 31.1 Å². The number of ether oxygens (including phenoxy) is 1. The van der Waals surface area contributed by atoms with Gasteiger partial charge in [0.2, 0.25) is 11.9 Å². The molecule has 0 aliphatic carbocycles. The van der Waals surface area contributed by atoms with E-state index in [0.29, 0.717) is 11.3 Å². The molecule has 0 saturated carbocycles. The van der Waals surface area contributed by atoms with Crippen LogP contribution in [-0.4, -0.2) is 38.7 Å². The third kappa shape index (κ3) is 6.64. The van der Waals surface area contributed by atoms with Crippen molar-refractivity contribution in [3.63, 3.8) is 0 Å². The third-order valence-corrected chi connectivity index (χ3v) is 4.80. The Morgan fingerprint density at radius 2 is 1.61 bits per heavy atom. The maximum absolute atomic E-state index is 14.4. The molecule has 2 N–H and O–H groups in total. The second-order valence-corrected chi connectivity index (χ2v) is 7.69. The lowest BCUT2D eigenvalue weighted by atomic mass is 10.2. The van der Waals surface area contributed by atoms with E-state index in [4.69, 9.17) is 11.6 Å². The van der Waals surface area contributed by atoms with Gasteiger partial charge in [0.15, 0.2) is 5.82 Å². The maximum Gasteiger partial charge on any atom is 0.461 e. The summed E-state index contributed by atoms with van der Waals surface area (Å²) in [5, 5.41) is 6.95. The van der Waals surface area contributed by atoms with E-state index in [1.807, 2.05) is 0 Å². The quantitative estimate of drug-likeness (QED) is 0.109. The molecule has 0 amide bonds. The van der Waals surface area contributed by atoms with Crippen LogP contribution in [-0.2, 0) is 0 Å². The number of hydrogen-bond acceptors (Lipinski definition) is 8. The van der Waals surface area contributed by atoms with Crippen molar-refractivity contribution in [1.29, 1.82) is 0 Å². The van der Waals surface area contributed by atoms with Gasteiger partial charge in [0, 0.05) is 0 Å². The Morgan fingerprint density at radius 3 is 2.24 bits per heavy atom. The number of nitrogens with zero attached hydrogens (tertiary/aromatic N) is 5. The standard InChI is InChI=1S/C23H14ClF6N7O/c24-17-9-6-13(11-31-17)33-21-34-19(18-15(25)2-1-3-16(18)26)35-22(36-21)37-32-10-12-4-7-14(8-5-12)38-23(29,30)20(27)28/h1-11,20H,(H2,33,34,35,36,37)/b32-10+. The zero-order valence-electron chi connectivity index (χ0n) is 18.7. The molecule has 0 radical (unpaired) electrons. The van der Waals surface area contributed by atoms with Crippen molar-refractivity contribution in [2.45, 2.75) is 12.5 Å². The average Bonchev–Trinajstić information content (AvgIpc) is 2.86. The summed E-state index contributed by atoms with van der Waals surface area (Å²) in [6.07, 6.45) is -6.03. The summed E-state index contributed by atoms with van der Waals surface area (Å²) in [5.74, 6) is -2.98. The summed E-state index contributed by atoms with van der Waals surface area (Å²) in [7, 11) is 0. The predicted octanol–water partition coefficient (Wildman–Crippen LogP) is 6.29. The van der Waals surface area contributed by atoms with Gasteiger partial charge in [0.05, 0.1) is 23.7 Å². The van der Waals surface area contributed by atoms with Crippen LogP contribution in [0.3, 0.4) is 0 Å². The fraction of sp³-hybridized carbons (Fsp3) is 0.0870. The van der Waals surface area contributed by atoms with E-state index in [9.17, 15) is 26.3 Å². The van der Waals surface area contributed by atoms with Crippen LogP contribution in [0.25, 0.3) is 11.4 Å². The fourth-order valence-corrected chi connectivity index (χ4v) is 2.98. The summed E-state index contributed by atoms with van der Waals surface area (Å²) in [6.45, 7) is 0. The van der Waals surface area contributed by atoms with Gasteiger partial charge >= 0.3 is 12.5 Å². The zero-order chi connectivity index (χ0) is 27.3. The topological polar surface area (TPSA) is 97.2 Å². The number of alkyl halides is 4. The highest BCUT2D eigenvalue weighted by Crippen LogP contribution is 2.28. The van der Waals surface area contributed by atoms with Crippen molar-refractivity contribution in [1.82, 2.24) is 19.9 Å². The first-order valence-electron chi connectivity index (χ1n) is 10.4. The minimum absolute atomic E-state index is 0.110. The van der Waals surface area contributed by atoms with E-state index >= 15 is 0 Å². The Hall–Kier alpha value is -4.46. The highest BCUT2D eigenvalue weighted by Gasteiger charge is 2.43. The summed E-state index contributed by atoms with van der Waals surface area (Å²) in [5.41, 5.74) is 2.74. The Bertz CT molecular complexity index is 1420. The van der Waals surface area contributed by atoms with E-state index in [1.165, 1.54) is 36.7 Å². The van der Waals surface area contributed by atoms with Crippen molar-refractivity contribution in [3.05, 3.63) is 83.1 Å². The van der Waals surface area contributed by atoms with Crippen molar-refractivity contribution >= 4 is 35.4 Å². The monoisotopic (exact) mass is 553 g/mol. The molecule has 38 heavy (non-hydrogen) atoms. The van der Waals surface area contributed by atoms with Gasteiger partial charge in [-0.25, -0.2) is 19.2 Å². The van der Waals surface area contributed by atoms with E-state index < -0.39 is 35.5 Å². The van der Waals surface area contributed by atoms with Crippen LogP contribution >= 0.6 is 11.6 Å². The molecule has 8 nitrogen and oxygen atoms in total. The molecule has 0 fully saturated rings. The van der Waals surface area contributed by atoms with Gasteiger partial charge in [-0.3, -0.25) is 0 Å². The zero-order valence-corrected chi connectivity index (χ0v) is 19.5. The normalized spacial score (nSPS) is 11.7. The molecule has 0 aliphatic rings. The number of pyridine rings is 1. The lowest BCUT2D eigenvalue weighted by Gasteiger charge is -2.16.